The molecule has 0 aromatic heterocycles. The number of fused-ring (bicyclic) bond motifs is 4. The highest BCUT2D eigenvalue weighted by atomic mass is 16.8. The predicted molar refractivity (Wildman–Crippen MR) is 76.8 cm³/mol. The smallest absolute Gasteiger partial charge is 0.164 e. The van der Waals surface area contributed by atoms with Crippen molar-refractivity contribution in [3.8, 4) is 0 Å². The maximum atomic E-state index is 6.43. The molecule has 3 fully saturated rings. The molecule has 2 saturated carbocycles. The molecule has 2 bridgehead atoms. The lowest BCUT2D eigenvalue weighted by Crippen LogP contribution is -2.54. The summed E-state index contributed by atoms with van der Waals surface area (Å²) < 4.78 is 12.7. The first-order valence-electron chi connectivity index (χ1n) is 8.02. The van der Waals surface area contributed by atoms with Gasteiger partial charge in [0.2, 0.25) is 0 Å². The molecule has 1 saturated heterocycles. The Hall–Kier alpha value is -0.0800. The molecule has 110 valence electrons. The maximum Gasteiger partial charge on any atom is 0.164 e. The van der Waals surface area contributed by atoms with E-state index >= 15 is 0 Å². The van der Waals surface area contributed by atoms with Crippen molar-refractivity contribution in [1.29, 1.82) is 0 Å². The summed E-state index contributed by atoms with van der Waals surface area (Å²) in [4.78, 5) is 0. The van der Waals surface area contributed by atoms with Crippen molar-refractivity contribution in [2.75, 3.05) is 0 Å². The highest BCUT2D eigenvalue weighted by molar-refractivity contribution is 5.08. The zero-order valence-electron chi connectivity index (χ0n) is 13.5. The molecule has 0 amide bonds. The van der Waals surface area contributed by atoms with Crippen molar-refractivity contribution in [1.82, 2.24) is 0 Å². The van der Waals surface area contributed by atoms with E-state index < -0.39 is 5.79 Å². The third-order valence-electron chi connectivity index (χ3n) is 6.27. The fourth-order valence-electron chi connectivity index (χ4n) is 5.13. The van der Waals surface area contributed by atoms with Gasteiger partial charge in [0.25, 0.3) is 0 Å². The van der Waals surface area contributed by atoms with E-state index in [-0.39, 0.29) is 11.7 Å². The molecule has 5 atom stereocenters. The van der Waals surface area contributed by atoms with E-state index in [1.165, 1.54) is 25.7 Å². The van der Waals surface area contributed by atoms with E-state index in [4.69, 9.17) is 9.47 Å². The van der Waals surface area contributed by atoms with E-state index in [0.29, 0.717) is 11.3 Å². The van der Waals surface area contributed by atoms with E-state index in [9.17, 15) is 0 Å². The molecule has 2 nitrogen and oxygen atoms in total. The fraction of sp³-hybridized carbons (Fsp3) is 1.00. The van der Waals surface area contributed by atoms with Crippen LogP contribution in [-0.4, -0.2) is 17.5 Å². The van der Waals surface area contributed by atoms with Crippen LogP contribution in [0.4, 0.5) is 0 Å². The monoisotopic (exact) mass is 266 g/mol. The molecule has 2 heteroatoms. The minimum absolute atomic E-state index is 0.0897. The lowest BCUT2D eigenvalue weighted by molar-refractivity contribution is -0.179. The molecule has 0 N–H and O–H groups in total. The van der Waals surface area contributed by atoms with Crippen LogP contribution in [0.2, 0.25) is 0 Å². The average Bonchev–Trinajstić information content (AvgIpc) is 2.46. The molecule has 3 rings (SSSR count). The van der Waals surface area contributed by atoms with Gasteiger partial charge < -0.3 is 9.47 Å². The van der Waals surface area contributed by atoms with Crippen LogP contribution in [0.15, 0.2) is 0 Å². The van der Waals surface area contributed by atoms with Crippen molar-refractivity contribution in [2.45, 2.75) is 84.7 Å². The van der Waals surface area contributed by atoms with Crippen LogP contribution in [0.3, 0.4) is 0 Å². The van der Waals surface area contributed by atoms with Gasteiger partial charge in [0, 0.05) is 0 Å². The normalized spacial score (nSPS) is 51.5. The van der Waals surface area contributed by atoms with Crippen molar-refractivity contribution in [3.05, 3.63) is 0 Å². The van der Waals surface area contributed by atoms with Gasteiger partial charge >= 0.3 is 0 Å². The predicted octanol–water partition coefficient (Wildman–Crippen LogP) is 4.38. The molecular formula is C17H30O2. The summed E-state index contributed by atoms with van der Waals surface area (Å²) in [5, 5.41) is 0. The Kier molecular flexibility index (Phi) is 2.91. The van der Waals surface area contributed by atoms with Crippen LogP contribution in [-0.2, 0) is 9.47 Å². The van der Waals surface area contributed by atoms with Crippen molar-refractivity contribution in [2.24, 2.45) is 23.2 Å². The summed E-state index contributed by atoms with van der Waals surface area (Å²) in [5.41, 5.74) is 0.272. The summed E-state index contributed by atoms with van der Waals surface area (Å²) in [5.74, 6) is 1.87. The maximum absolute atomic E-state index is 6.43. The summed E-state index contributed by atoms with van der Waals surface area (Å²) in [6, 6.07) is 0. The molecule has 1 heterocycles. The Balaban J connectivity index is 2.00. The Morgan fingerprint density at radius 2 is 1.68 bits per heavy atom. The minimum atomic E-state index is -0.412. The molecule has 0 radical (unpaired) electrons. The molecule has 2 aliphatic carbocycles. The fourth-order valence-corrected chi connectivity index (χ4v) is 5.13. The van der Waals surface area contributed by atoms with Crippen LogP contribution in [0.5, 0.6) is 0 Å². The van der Waals surface area contributed by atoms with Gasteiger partial charge in [-0.2, -0.15) is 0 Å². The van der Waals surface area contributed by atoms with Gasteiger partial charge in [0.05, 0.1) is 11.7 Å². The number of ether oxygens (including phenoxy) is 2. The van der Waals surface area contributed by atoms with E-state index in [1.807, 2.05) is 0 Å². The number of hydrogen-bond acceptors (Lipinski definition) is 2. The van der Waals surface area contributed by atoms with Crippen LogP contribution in [0, 0.1) is 23.2 Å². The van der Waals surface area contributed by atoms with Gasteiger partial charge in [-0.05, 0) is 69.6 Å². The minimum Gasteiger partial charge on any atom is -0.344 e. The van der Waals surface area contributed by atoms with Crippen LogP contribution in [0.1, 0.15) is 67.2 Å². The van der Waals surface area contributed by atoms with Gasteiger partial charge in [-0.3, -0.25) is 0 Å². The zero-order chi connectivity index (χ0) is 14.1. The zero-order valence-corrected chi connectivity index (χ0v) is 13.5. The molecule has 0 spiro atoms. The van der Waals surface area contributed by atoms with Crippen LogP contribution in [0.25, 0.3) is 0 Å². The van der Waals surface area contributed by atoms with Crippen molar-refractivity contribution >= 4 is 0 Å². The first kappa shape index (κ1) is 13.9. The first-order valence-corrected chi connectivity index (χ1v) is 8.02. The summed E-state index contributed by atoms with van der Waals surface area (Å²) in [7, 11) is 0. The second kappa shape index (κ2) is 3.98. The van der Waals surface area contributed by atoms with Crippen molar-refractivity contribution < 1.29 is 9.47 Å². The summed E-state index contributed by atoms with van der Waals surface area (Å²) in [6.45, 7) is 13.8. The Bertz CT molecular complexity index is 373. The Labute approximate surface area is 118 Å². The molecule has 0 unspecified atom stereocenters. The topological polar surface area (TPSA) is 18.5 Å². The number of hydrogen-bond donors (Lipinski definition) is 0. The third-order valence-corrected chi connectivity index (χ3v) is 6.27. The second-order valence-corrected chi connectivity index (χ2v) is 8.58. The van der Waals surface area contributed by atoms with Crippen molar-refractivity contribution in [3.63, 3.8) is 0 Å². The highest BCUT2D eigenvalue weighted by Crippen LogP contribution is 2.59. The van der Waals surface area contributed by atoms with Gasteiger partial charge in [0.15, 0.2) is 5.79 Å². The molecule has 19 heavy (non-hydrogen) atoms. The quantitative estimate of drug-likeness (QED) is 0.648. The molecule has 3 aliphatic rings. The van der Waals surface area contributed by atoms with Gasteiger partial charge in [-0.1, -0.05) is 20.8 Å². The summed E-state index contributed by atoms with van der Waals surface area (Å²) >= 11 is 0. The Morgan fingerprint density at radius 1 is 1.00 bits per heavy atom. The lowest BCUT2D eigenvalue weighted by Gasteiger charge is -2.49. The molecule has 1 aliphatic heterocycles. The van der Waals surface area contributed by atoms with Crippen LogP contribution >= 0.6 is 0 Å². The standard InChI is InChI=1S/C17H30O2/c1-11-7-8-15(2,3)13-9-12(11)10-14-17(13,6)19-16(4,5)18-14/h11-14H,7-10H2,1-6H3/t11-,12+,13-,14+,17-/m1/s1. The highest BCUT2D eigenvalue weighted by Gasteiger charge is 2.61. The van der Waals surface area contributed by atoms with Gasteiger partial charge in [-0.15, -0.1) is 0 Å². The van der Waals surface area contributed by atoms with Gasteiger partial charge in [0.1, 0.15) is 0 Å². The van der Waals surface area contributed by atoms with Crippen LogP contribution < -0.4 is 0 Å². The van der Waals surface area contributed by atoms with E-state index in [0.717, 1.165) is 11.8 Å². The third kappa shape index (κ3) is 2.06. The van der Waals surface area contributed by atoms with E-state index in [2.05, 4.69) is 41.5 Å². The number of rotatable bonds is 0. The molecule has 0 aromatic carbocycles. The average molecular weight is 266 g/mol. The lowest BCUT2D eigenvalue weighted by atomic mass is 9.60. The van der Waals surface area contributed by atoms with E-state index in [1.54, 1.807) is 0 Å². The largest absolute Gasteiger partial charge is 0.344 e. The molecular weight excluding hydrogens is 236 g/mol. The molecule has 0 aromatic rings. The summed E-state index contributed by atoms with van der Waals surface area (Å²) in [6.07, 6.45) is 5.47. The first-order chi connectivity index (χ1) is 8.64. The Morgan fingerprint density at radius 3 is 2.37 bits per heavy atom. The van der Waals surface area contributed by atoms with Gasteiger partial charge in [-0.25, -0.2) is 0 Å². The second-order valence-electron chi connectivity index (χ2n) is 8.58. The SMILES string of the molecule is C[C@@H]1CCC(C)(C)[C@H]2C[C@H]1C[C@@H]1OC(C)(C)O[C@@]12C.